The molecule has 26 heavy (non-hydrogen) atoms. The summed E-state index contributed by atoms with van der Waals surface area (Å²) < 4.78 is 45.8. The van der Waals surface area contributed by atoms with E-state index in [0.29, 0.717) is 0 Å². The topological polar surface area (TPSA) is 0 Å². The largest absolute Gasteiger partial charge is 0.388 e. The fraction of sp³-hybridized carbons (Fsp3) is 0.364. The Morgan fingerprint density at radius 3 is 2.08 bits per heavy atom. The van der Waals surface area contributed by atoms with Crippen LogP contribution in [0.15, 0.2) is 48.5 Å². The average molecular weight is 366 g/mol. The SMILES string of the molecule is CCC(F)(F)F.CCC/C(=C(/C)c1cccc(F)c1)c1ccccc1C. The summed E-state index contributed by atoms with van der Waals surface area (Å²) in [6.45, 7) is 7.48. The van der Waals surface area contributed by atoms with Crippen molar-refractivity contribution >= 4 is 11.1 Å². The summed E-state index contributed by atoms with van der Waals surface area (Å²) in [6.07, 6.45) is -2.60. The van der Waals surface area contributed by atoms with E-state index in [2.05, 4.69) is 45.0 Å². The molecule has 4 heteroatoms. The van der Waals surface area contributed by atoms with E-state index < -0.39 is 12.6 Å². The Kier molecular flexibility index (Phi) is 8.56. The highest BCUT2D eigenvalue weighted by atomic mass is 19.4. The Morgan fingerprint density at radius 1 is 0.962 bits per heavy atom. The van der Waals surface area contributed by atoms with Crippen LogP contribution < -0.4 is 0 Å². The molecular weight excluding hydrogens is 340 g/mol. The third-order valence-corrected chi connectivity index (χ3v) is 4.08. The number of benzene rings is 2. The van der Waals surface area contributed by atoms with Crippen molar-refractivity contribution in [1.29, 1.82) is 0 Å². The Labute approximate surface area is 153 Å². The maximum atomic E-state index is 13.4. The summed E-state index contributed by atoms with van der Waals surface area (Å²) in [4.78, 5) is 0. The maximum Gasteiger partial charge on any atom is 0.388 e. The minimum atomic E-state index is -3.96. The third kappa shape index (κ3) is 7.03. The van der Waals surface area contributed by atoms with Crippen molar-refractivity contribution in [3.63, 3.8) is 0 Å². The molecule has 0 aliphatic carbocycles. The van der Waals surface area contributed by atoms with Gasteiger partial charge < -0.3 is 0 Å². The van der Waals surface area contributed by atoms with Gasteiger partial charge in [0.1, 0.15) is 5.82 Å². The fourth-order valence-corrected chi connectivity index (χ4v) is 2.58. The molecule has 142 valence electrons. The monoisotopic (exact) mass is 366 g/mol. The molecule has 0 saturated heterocycles. The normalized spacial score (nSPS) is 12.2. The van der Waals surface area contributed by atoms with Crippen molar-refractivity contribution in [2.75, 3.05) is 0 Å². The van der Waals surface area contributed by atoms with Crippen LogP contribution in [0, 0.1) is 12.7 Å². The lowest BCUT2D eigenvalue weighted by Crippen LogP contribution is -2.02. The van der Waals surface area contributed by atoms with Gasteiger partial charge in [0.05, 0.1) is 0 Å². The van der Waals surface area contributed by atoms with Gasteiger partial charge in [-0.25, -0.2) is 4.39 Å². The minimum Gasteiger partial charge on any atom is -0.207 e. The number of allylic oxidation sites excluding steroid dienone is 2. The Balaban J connectivity index is 0.000000487. The Bertz CT molecular complexity index is 727. The number of hydrogen-bond donors (Lipinski definition) is 0. The predicted octanol–water partition coefficient (Wildman–Crippen LogP) is 7.82. The maximum absolute atomic E-state index is 13.4. The second kappa shape index (κ2) is 10.1. The molecule has 0 bridgehead atoms. The van der Waals surface area contributed by atoms with Gasteiger partial charge in [-0.15, -0.1) is 0 Å². The van der Waals surface area contributed by atoms with E-state index in [4.69, 9.17) is 0 Å². The first-order valence-electron chi connectivity index (χ1n) is 8.78. The molecule has 0 saturated carbocycles. The molecule has 2 aromatic carbocycles. The highest BCUT2D eigenvalue weighted by Crippen LogP contribution is 2.31. The molecular formula is C22H26F4. The molecule has 0 fully saturated rings. The molecule has 0 radical (unpaired) electrons. The third-order valence-electron chi connectivity index (χ3n) is 4.08. The second-order valence-corrected chi connectivity index (χ2v) is 6.15. The summed E-state index contributed by atoms with van der Waals surface area (Å²) in [5, 5.41) is 0. The van der Waals surface area contributed by atoms with Crippen LogP contribution in [0.2, 0.25) is 0 Å². The van der Waals surface area contributed by atoms with Crippen molar-refractivity contribution in [3.8, 4) is 0 Å². The van der Waals surface area contributed by atoms with Gasteiger partial charge in [0, 0.05) is 6.42 Å². The average Bonchev–Trinajstić information content (AvgIpc) is 2.60. The fourth-order valence-electron chi connectivity index (χ4n) is 2.58. The number of alkyl halides is 3. The molecule has 0 amide bonds. The summed E-state index contributed by atoms with van der Waals surface area (Å²) in [7, 11) is 0. The molecule has 0 spiro atoms. The highest BCUT2D eigenvalue weighted by Gasteiger charge is 2.22. The van der Waals surface area contributed by atoms with Crippen molar-refractivity contribution in [2.24, 2.45) is 0 Å². The lowest BCUT2D eigenvalue weighted by atomic mass is 9.90. The Morgan fingerprint density at radius 2 is 1.58 bits per heavy atom. The van der Waals surface area contributed by atoms with Gasteiger partial charge in [-0.05, 0) is 60.2 Å². The van der Waals surface area contributed by atoms with Crippen LogP contribution in [0.3, 0.4) is 0 Å². The van der Waals surface area contributed by atoms with E-state index in [0.717, 1.165) is 25.3 Å². The summed E-state index contributed by atoms with van der Waals surface area (Å²) >= 11 is 0. The van der Waals surface area contributed by atoms with Crippen molar-refractivity contribution in [1.82, 2.24) is 0 Å². The molecule has 2 aromatic rings. The first-order valence-corrected chi connectivity index (χ1v) is 8.78. The zero-order valence-corrected chi connectivity index (χ0v) is 15.8. The summed E-state index contributed by atoms with van der Waals surface area (Å²) in [5.74, 6) is -0.178. The molecule has 2 rings (SSSR count). The number of halogens is 4. The van der Waals surface area contributed by atoms with Gasteiger partial charge in [0.25, 0.3) is 0 Å². The molecule has 0 aliphatic heterocycles. The van der Waals surface area contributed by atoms with Crippen LogP contribution in [-0.4, -0.2) is 6.18 Å². The predicted molar refractivity (Wildman–Crippen MR) is 101 cm³/mol. The second-order valence-electron chi connectivity index (χ2n) is 6.15. The lowest BCUT2D eigenvalue weighted by molar-refractivity contribution is -0.130. The molecule has 0 nitrogen and oxygen atoms in total. The molecule has 0 atom stereocenters. The first kappa shape index (κ1) is 21.9. The van der Waals surface area contributed by atoms with Crippen molar-refractivity contribution in [3.05, 3.63) is 71.0 Å². The van der Waals surface area contributed by atoms with Crippen molar-refractivity contribution < 1.29 is 17.6 Å². The zero-order valence-electron chi connectivity index (χ0n) is 15.8. The quantitative estimate of drug-likeness (QED) is 0.382. The van der Waals surface area contributed by atoms with E-state index in [1.165, 1.54) is 28.3 Å². The van der Waals surface area contributed by atoms with Gasteiger partial charge in [0.15, 0.2) is 0 Å². The number of rotatable bonds is 4. The van der Waals surface area contributed by atoms with E-state index in [9.17, 15) is 17.6 Å². The minimum absolute atomic E-state index is 0.178. The number of hydrogen-bond acceptors (Lipinski definition) is 0. The van der Waals surface area contributed by atoms with Crippen molar-refractivity contribution in [2.45, 2.75) is 53.1 Å². The molecule has 0 heterocycles. The number of aryl methyl sites for hydroxylation is 1. The van der Waals surface area contributed by atoms with Crippen LogP contribution in [-0.2, 0) is 0 Å². The van der Waals surface area contributed by atoms with E-state index >= 15 is 0 Å². The van der Waals surface area contributed by atoms with Crippen LogP contribution in [0.1, 0.15) is 56.7 Å². The van der Waals surface area contributed by atoms with Crippen LogP contribution in [0.4, 0.5) is 17.6 Å². The van der Waals surface area contributed by atoms with Gasteiger partial charge >= 0.3 is 6.18 Å². The Hall–Kier alpha value is -2.10. The smallest absolute Gasteiger partial charge is 0.207 e. The summed E-state index contributed by atoms with van der Waals surface area (Å²) in [6, 6.07) is 15.3. The standard InChI is InChI=1S/C19H21F.C3H5F3/c1-4-8-19(18-12-6-5-9-14(18)2)15(3)16-10-7-11-17(20)13-16;1-2-3(4,5)6/h5-7,9-13H,4,8H2,1-3H3;2H2,1H3/b19-15+;. The van der Waals surface area contributed by atoms with Gasteiger partial charge in [-0.1, -0.05) is 56.7 Å². The van der Waals surface area contributed by atoms with Gasteiger partial charge in [-0.3, -0.25) is 0 Å². The van der Waals surface area contributed by atoms with Crippen LogP contribution in [0.25, 0.3) is 11.1 Å². The zero-order chi connectivity index (χ0) is 19.7. The summed E-state index contributed by atoms with van der Waals surface area (Å²) in [5.41, 5.74) is 6.00. The van der Waals surface area contributed by atoms with E-state index in [1.807, 2.05) is 6.07 Å². The molecule has 0 N–H and O–H groups in total. The first-order chi connectivity index (χ1) is 12.2. The van der Waals surface area contributed by atoms with Gasteiger partial charge in [0.2, 0.25) is 0 Å². The van der Waals surface area contributed by atoms with Crippen LogP contribution in [0.5, 0.6) is 0 Å². The van der Waals surface area contributed by atoms with E-state index in [1.54, 1.807) is 12.1 Å². The lowest BCUT2D eigenvalue weighted by Gasteiger charge is -2.15. The molecule has 0 unspecified atom stereocenters. The highest BCUT2D eigenvalue weighted by molar-refractivity contribution is 5.90. The molecule has 0 aromatic heterocycles. The molecule has 0 aliphatic rings. The van der Waals surface area contributed by atoms with E-state index in [-0.39, 0.29) is 5.82 Å². The van der Waals surface area contributed by atoms with Crippen LogP contribution >= 0.6 is 0 Å². The van der Waals surface area contributed by atoms with Gasteiger partial charge in [-0.2, -0.15) is 13.2 Å².